The number of nitrogens with zero attached hydrogens (tertiary/aromatic N) is 3. The lowest BCUT2D eigenvalue weighted by Gasteiger charge is -2.32. The minimum Gasteiger partial charge on any atom is -0.507 e. The molecule has 1 unspecified atom stereocenters. The SMILES string of the molecule is Cc1nc(-c2ccc(C(C)(C)C)cc2)nc(C)c1C(=O)NC(CCN)C(=O)N(C)[C@@H]1C(=O)N[C@@H](C)C(=O)N[C@H](C(=O)O)Cc2cc(OCCN)c(O)c(c2)-c2cc1ccc2O. The minimum absolute atomic E-state index is 0.00655. The Morgan fingerprint density at radius 1 is 0.934 bits per heavy atom. The van der Waals surface area contributed by atoms with Gasteiger partial charge in [0, 0.05) is 36.7 Å². The van der Waals surface area contributed by atoms with Gasteiger partial charge in [-0.05, 0) is 80.1 Å². The summed E-state index contributed by atoms with van der Waals surface area (Å²) in [7, 11) is 1.33. The molecule has 61 heavy (non-hydrogen) atoms. The van der Waals surface area contributed by atoms with Gasteiger partial charge in [-0.3, -0.25) is 19.2 Å². The van der Waals surface area contributed by atoms with E-state index in [-0.39, 0.29) is 71.7 Å². The molecule has 0 fully saturated rings. The van der Waals surface area contributed by atoms with Crippen molar-refractivity contribution in [2.45, 2.75) is 84.0 Å². The molecule has 0 spiro atoms. The number of carbonyl (C=O) groups is 5. The number of aromatic nitrogens is 2. The predicted octanol–water partition coefficient (Wildman–Crippen LogP) is 2.75. The molecule has 5 rings (SSSR count). The van der Waals surface area contributed by atoms with Crippen LogP contribution in [-0.4, -0.2) is 105 Å². The fourth-order valence-corrected chi connectivity index (χ4v) is 7.17. The van der Waals surface area contributed by atoms with Crippen LogP contribution in [0.2, 0.25) is 0 Å². The van der Waals surface area contributed by atoms with Crippen LogP contribution in [0, 0.1) is 13.8 Å². The standard InChI is InChI=1S/C44H54N8O9/c1-22-35(23(2)48-38(47-22)26-8-11-28(12-9-26)44(4,5)6)40(56)50-31(14-15-45)42(58)52(7)36-27-10-13-33(53)29(21-27)30-18-25(20-34(37(30)54)61-17-16-46)19-32(43(59)60)51-39(55)24(3)49-41(36)57/h8-13,18,20-21,24,31-32,36,53-54H,14-17,19,45-46H2,1-7H3,(H,49,57)(H,50,56)(H,51,55)(H,59,60)/t24-,31?,32-,36-/m0/s1. The smallest absolute Gasteiger partial charge is 0.326 e. The van der Waals surface area contributed by atoms with Crippen LogP contribution in [0.1, 0.15) is 78.6 Å². The van der Waals surface area contributed by atoms with Gasteiger partial charge in [0.2, 0.25) is 17.7 Å². The maximum Gasteiger partial charge on any atom is 0.326 e. The topological polar surface area (TPSA) is 272 Å². The van der Waals surface area contributed by atoms with Gasteiger partial charge in [0.15, 0.2) is 17.3 Å². The first-order valence-corrected chi connectivity index (χ1v) is 19.8. The highest BCUT2D eigenvalue weighted by atomic mass is 16.5. The highest BCUT2D eigenvalue weighted by Crippen LogP contribution is 2.43. The first-order chi connectivity index (χ1) is 28.7. The van der Waals surface area contributed by atoms with E-state index in [4.69, 9.17) is 16.2 Å². The number of nitrogens with two attached hydrogens (primary N) is 2. The highest BCUT2D eigenvalue weighted by Gasteiger charge is 2.36. The van der Waals surface area contributed by atoms with Crippen molar-refractivity contribution in [1.29, 1.82) is 0 Å². The molecule has 3 aromatic carbocycles. The Morgan fingerprint density at radius 3 is 2.18 bits per heavy atom. The molecule has 4 atom stereocenters. The summed E-state index contributed by atoms with van der Waals surface area (Å²) >= 11 is 0. The molecule has 17 nitrogen and oxygen atoms in total. The van der Waals surface area contributed by atoms with Crippen molar-refractivity contribution in [3.8, 4) is 39.8 Å². The highest BCUT2D eigenvalue weighted by molar-refractivity contribution is 6.00. The number of fused-ring (bicyclic) bond motifs is 5. The number of aryl methyl sites for hydroxylation is 2. The van der Waals surface area contributed by atoms with E-state index in [1.54, 1.807) is 13.8 Å². The van der Waals surface area contributed by atoms with Crippen LogP contribution in [0.5, 0.6) is 17.2 Å². The summed E-state index contributed by atoms with van der Waals surface area (Å²) in [6.07, 6.45) is -0.299. The molecule has 4 amide bonds. The van der Waals surface area contributed by atoms with Crippen molar-refractivity contribution < 1.29 is 44.0 Å². The first-order valence-electron chi connectivity index (χ1n) is 19.8. The number of rotatable bonds is 11. The Morgan fingerprint density at radius 2 is 1.59 bits per heavy atom. The number of hydrogen-bond acceptors (Lipinski definition) is 12. The van der Waals surface area contributed by atoms with Gasteiger partial charge in [-0.1, -0.05) is 51.1 Å². The zero-order chi connectivity index (χ0) is 44.9. The van der Waals surface area contributed by atoms with Gasteiger partial charge in [-0.2, -0.15) is 0 Å². The molecule has 1 aromatic heterocycles. The van der Waals surface area contributed by atoms with E-state index in [0.717, 1.165) is 16.0 Å². The van der Waals surface area contributed by atoms with Gasteiger partial charge >= 0.3 is 5.97 Å². The third-order valence-electron chi connectivity index (χ3n) is 10.5. The Labute approximate surface area is 353 Å². The molecular weight excluding hydrogens is 785 g/mol. The Bertz CT molecular complexity index is 2300. The molecule has 0 aliphatic carbocycles. The van der Waals surface area contributed by atoms with Gasteiger partial charge in [0.25, 0.3) is 5.91 Å². The predicted molar refractivity (Wildman–Crippen MR) is 227 cm³/mol. The lowest BCUT2D eigenvalue weighted by atomic mass is 9.86. The van der Waals surface area contributed by atoms with E-state index in [2.05, 4.69) is 46.7 Å². The number of benzene rings is 3. The number of hydrogen-bond donors (Lipinski definition) is 8. The summed E-state index contributed by atoms with van der Waals surface area (Å²) in [5.74, 6) is -4.82. The number of carboxylic acid groups (broad SMARTS) is 1. The molecule has 0 radical (unpaired) electrons. The minimum atomic E-state index is -1.51. The number of aliphatic carboxylic acids is 1. The van der Waals surface area contributed by atoms with E-state index < -0.39 is 59.5 Å². The lowest BCUT2D eigenvalue weighted by molar-refractivity contribution is -0.143. The van der Waals surface area contributed by atoms with Gasteiger partial charge in [-0.15, -0.1) is 0 Å². The largest absolute Gasteiger partial charge is 0.507 e. The van der Waals surface area contributed by atoms with E-state index in [0.29, 0.717) is 22.8 Å². The third-order valence-corrected chi connectivity index (χ3v) is 10.5. The van der Waals surface area contributed by atoms with Gasteiger partial charge in [0.1, 0.15) is 36.5 Å². The second-order valence-corrected chi connectivity index (χ2v) is 16.1. The maximum atomic E-state index is 14.5. The molecule has 1 aliphatic rings. The summed E-state index contributed by atoms with van der Waals surface area (Å²) in [5.41, 5.74) is 14.8. The van der Waals surface area contributed by atoms with Crippen molar-refractivity contribution in [3.05, 3.63) is 88.2 Å². The van der Waals surface area contributed by atoms with Crippen molar-refractivity contribution >= 4 is 29.6 Å². The lowest BCUT2D eigenvalue weighted by Crippen LogP contribution is -2.55. The number of likely N-dealkylation sites (N-methyl/N-ethyl adjacent to an activating group) is 1. The Hall–Kier alpha value is -6.59. The molecular formula is C44H54N8O9. The number of phenols is 2. The Balaban J connectivity index is 1.53. The van der Waals surface area contributed by atoms with Gasteiger partial charge < -0.3 is 52.4 Å². The monoisotopic (exact) mass is 838 g/mol. The normalized spacial score (nSPS) is 17.3. The summed E-state index contributed by atoms with van der Waals surface area (Å²) < 4.78 is 5.67. The molecule has 4 aromatic rings. The molecule has 1 aliphatic heterocycles. The number of amides is 4. The zero-order valence-electron chi connectivity index (χ0n) is 35.3. The number of phenolic OH excluding ortho intramolecular Hbond substituents is 2. The molecule has 324 valence electrons. The van der Waals surface area contributed by atoms with E-state index in [1.807, 2.05) is 24.3 Å². The van der Waals surface area contributed by atoms with E-state index >= 15 is 0 Å². The van der Waals surface area contributed by atoms with Crippen LogP contribution in [0.25, 0.3) is 22.5 Å². The second kappa shape index (κ2) is 18.8. The van der Waals surface area contributed by atoms with Crippen molar-refractivity contribution in [2.75, 3.05) is 26.7 Å². The molecule has 0 saturated carbocycles. The summed E-state index contributed by atoms with van der Waals surface area (Å²) in [6.45, 7) is 11.1. The summed E-state index contributed by atoms with van der Waals surface area (Å²) in [6, 6.07) is 9.22. The fraction of sp³-hybridized carbons (Fsp3) is 0.386. The summed E-state index contributed by atoms with van der Waals surface area (Å²) in [5, 5.41) is 40.4. The average Bonchev–Trinajstić information content (AvgIpc) is 3.19. The maximum absolute atomic E-state index is 14.5. The fourth-order valence-electron chi connectivity index (χ4n) is 7.17. The second-order valence-electron chi connectivity index (χ2n) is 16.1. The quantitative estimate of drug-likeness (QED) is 0.108. The van der Waals surface area contributed by atoms with Crippen LogP contribution in [0.3, 0.4) is 0 Å². The number of ether oxygens (including phenoxy) is 1. The van der Waals surface area contributed by atoms with E-state index in [9.17, 15) is 39.3 Å². The average molecular weight is 839 g/mol. The number of aromatic hydroxyl groups is 2. The number of nitrogens with one attached hydrogen (secondary N) is 3. The van der Waals surface area contributed by atoms with Crippen LogP contribution < -0.4 is 32.2 Å². The Kier molecular flexibility index (Phi) is 14.0. The molecule has 0 saturated heterocycles. The third kappa shape index (κ3) is 10.2. The molecule has 10 N–H and O–H groups in total. The first kappa shape index (κ1) is 45.5. The van der Waals surface area contributed by atoms with Crippen LogP contribution in [0.15, 0.2) is 54.6 Å². The van der Waals surface area contributed by atoms with Gasteiger partial charge in [-0.25, -0.2) is 14.8 Å². The van der Waals surface area contributed by atoms with Crippen molar-refractivity contribution in [1.82, 2.24) is 30.8 Å². The van der Waals surface area contributed by atoms with Crippen molar-refractivity contribution in [2.24, 2.45) is 11.5 Å². The number of carboxylic acids is 1. The van der Waals surface area contributed by atoms with Crippen LogP contribution in [0.4, 0.5) is 0 Å². The molecule has 4 bridgehead atoms. The van der Waals surface area contributed by atoms with E-state index in [1.165, 1.54) is 44.3 Å². The molecule has 17 heteroatoms. The molecule has 2 heterocycles. The van der Waals surface area contributed by atoms with Gasteiger partial charge in [0.05, 0.1) is 17.0 Å². The number of carbonyl (C=O) groups excluding carboxylic acids is 4. The van der Waals surface area contributed by atoms with Crippen LogP contribution >= 0.6 is 0 Å². The zero-order valence-corrected chi connectivity index (χ0v) is 35.3. The van der Waals surface area contributed by atoms with Crippen LogP contribution in [-0.2, 0) is 31.0 Å². The van der Waals surface area contributed by atoms with Crippen molar-refractivity contribution in [3.63, 3.8) is 0 Å². The summed E-state index contributed by atoms with van der Waals surface area (Å²) in [4.78, 5) is 78.7.